The number of nitrogens with zero attached hydrogens (tertiary/aromatic N) is 2. The van der Waals surface area contributed by atoms with Crippen molar-refractivity contribution in [1.82, 2.24) is 20.2 Å². The molecule has 2 bridgehead atoms. The molecule has 2 aliphatic rings. The summed E-state index contributed by atoms with van der Waals surface area (Å²) in [6.07, 6.45) is 2.17. The van der Waals surface area contributed by atoms with Crippen molar-refractivity contribution >= 4 is 34.5 Å². The standard InChI is InChI=1S/C17H18N4O3S/c22-14-7-10-5-6-11(8-18-14)21(10)15(23)9-25-17-19-13-4-2-1-3-12(13)16(24)20-17/h1-4,10-11H,5-9H2,(H,18,22)(H,19,20,24)/t10-,11+/m1/s1. The Hall–Kier alpha value is -2.35. The smallest absolute Gasteiger partial charge is 0.259 e. The Morgan fingerprint density at radius 3 is 2.92 bits per heavy atom. The van der Waals surface area contributed by atoms with Gasteiger partial charge < -0.3 is 15.2 Å². The molecule has 4 rings (SSSR count). The first-order valence-corrected chi connectivity index (χ1v) is 9.30. The van der Waals surface area contributed by atoms with Gasteiger partial charge in [0.1, 0.15) is 0 Å². The molecule has 2 N–H and O–H groups in total. The fourth-order valence-electron chi connectivity index (χ4n) is 3.62. The fourth-order valence-corrected chi connectivity index (χ4v) is 4.36. The largest absolute Gasteiger partial charge is 0.354 e. The number of aromatic nitrogens is 2. The van der Waals surface area contributed by atoms with Crippen LogP contribution in [0.3, 0.4) is 0 Å². The van der Waals surface area contributed by atoms with Crippen molar-refractivity contribution in [3.63, 3.8) is 0 Å². The molecule has 0 unspecified atom stereocenters. The minimum absolute atomic E-state index is 0.00944. The molecule has 2 atom stereocenters. The summed E-state index contributed by atoms with van der Waals surface area (Å²) in [7, 11) is 0. The summed E-state index contributed by atoms with van der Waals surface area (Å²) in [5, 5.41) is 3.84. The zero-order valence-corrected chi connectivity index (χ0v) is 14.3. The molecule has 8 heteroatoms. The Morgan fingerprint density at radius 2 is 2.04 bits per heavy atom. The number of carbonyl (C=O) groups is 2. The zero-order valence-electron chi connectivity index (χ0n) is 13.5. The predicted octanol–water partition coefficient (Wildman–Crippen LogP) is 0.895. The van der Waals surface area contributed by atoms with Gasteiger partial charge in [0.25, 0.3) is 5.56 Å². The molecule has 2 amide bonds. The molecule has 0 radical (unpaired) electrons. The van der Waals surface area contributed by atoms with Crippen molar-refractivity contribution in [2.24, 2.45) is 0 Å². The molecule has 0 aliphatic carbocycles. The van der Waals surface area contributed by atoms with Crippen LogP contribution in [0, 0.1) is 0 Å². The van der Waals surface area contributed by atoms with Gasteiger partial charge >= 0.3 is 0 Å². The summed E-state index contributed by atoms with van der Waals surface area (Å²) >= 11 is 1.23. The SMILES string of the molecule is O=C1C[C@H]2CC[C@@H](CN1)N2C(=O)CSc1nc2ccccc2c(=O)[nH]1. The third-order valence-electron chi connectivity index (χ3n) is 4.79. The van der Waals surface area contributed by atoms with Crippen molar-refractivity contribution in [1.29, 1.82) is 0 Å². The van der Waals surface area contributed by atoms with Crippen LogP contribution in [0.25, 0.3) is 10.9 Å². The maximum atomic E-state index is 12.7. The van der Waals surface area contributed by atoms with Crippen LogP contribution in [-0.4, -0.2) is 51.1 Å². The fraction of sp³-hybridized carbons (Fsp3) is 0.412. The number of carbonyl (C=O) groups excluding carboxylic acids is 2. The van der Waals surface area contributed by atoms with Crippen LogP contribution in [0.2, 0.25) is 0 Å². The number of rotatable bonds is 3. The number of benzene rings is 1. The number of hydrogen-bond acceptors (Lipinski definition) is 5. The van der Waals surface area contributed by atoms with Gasteiger partial charge in [-0.1, -0.05) is 23.9 Å². The number of aromatic amines is 1. The summed E-state index contributed by atoms with van der Waals surface area (Å²) in [4.78, 5) is 45.4. The van der Waals surface area contributed by atoms with Gasteiger partial charge in [-0.15, -0.1) is 0 Å². The number of fused-ring (bicyclic) bond motifs is 3. The molecule has 25 heavy (non-hydrogen) atoms. The Labute approximate surface area is 148 Å². The van der Waals surface area contributed by atoms with Crippen molar-refractivity contribution in [2.45, 2.75) is 36.5 Å². The minimum atomic E-state index is -0.204. The van der Waals surface area contributed by atoms with Gasteiger partial charge in [0.05, 0.1) is 16.7 Å². The summed E-state index contributed by atoms with van der Waals surface area (Å²) in [5.41, 5.74) is 0.413. The molecule has 7 nitrogen and oxygen atoms in total. The quantitative estimate of drug-likeness (QED) is 0.628. The van der Waals surface area contributed by atoms with E-state index in [1.165, 1.54) is 11.8 Å². The molecule has 0 spiro atoms. The molecule has 2 fully saturated rings. The third-order valence-corrected chi connectivity index (χ3v) is 5.65. The van der Waals surface area contributed by atoms with E-state index in [0.29, 0.717) is 29.0 Å². The highest BCUT2D eigenvalue weighted by molar-refractivity contribution is 7.99. The summed E-state index contributed by atoms with van der Waals surface area (Å²) in [6.45, 7) is 0.525. The van der Waals surface area contributed by atoms with Gasteiger partial charge in [0.2, 0.25) is 11.8 Å². The average molecular weight is 358 g/mol. The number of nitrogens with one attached hydrogen (secondary N) is 2. The summed E-state index contributed by atoms with van der Waals surface area (Å²) in [5.74, 6) is 0.200. The topological polar surface area (TPSA) is 95.2 Å². The average Bonchev–Trinajstić information content (AvgIpc) is 2.91. The maximum absolute atomic E-state index is 12.7. The van der Waals surface area contributed by atoms with Gasteiger partial charge in [-0.05, 0) is 25.0 Å². The first-order valence-electron chi connectivity index (χ1n) is 8.31. The number of thioether (sulfide) groups is 1. The molecular weight excluding hydrogens is 340 g/mol. The van der Waals surface area contributed by atoms with E-state index in [9.17, 15) is 14.4 Å². The molecule has 1 aromatic carbocycles. The van der Waals surface area contributed by atoms with Crippen LogP contribution < -0.4 is 10.9 Å². The molecule has 2 aliphatic heterocycles. The van der Waals surface area contributed by atoms with Crippen molar-refractivity contribution in [2.75, 3.05) is 12.3 Å². The molecule has 130 valence electrons. The van der Waals surface area contributed by atoms with E-state index in [4.69, 9.17) is 0 Å². The number of amides is 2. The van der Waals surface area contributed by atoms with Crippen LogP contribution in [0.4, 0.5) is 0 Å². The number of hydrogen-bond donors (Lipinski definition) is 2. The third kappa shape index (κ3) is 3.13. The number of H-pyrrole nitrogens is 1. The first kappa shape index (κ1) is 16.1. The van der Waals surface area contributed by atoms with Crippen LogP contribution in [0.15, 0.2) is 34.2 Å². The highest BCUT2D eigenvalue weighted by atomic mass is 32.2. The van der Waals surface area contributed by atoms with Crippen molar-refractivity contribution in [3.8, 4) is 0 Å². The molecule has 0 saturated carbocycles. The highest BCUT2D eigenvalue weighted by Gasteiger charge is 2.39. The van der Waals surface area contributed by atoms with E-state index in [1.807, 2.05) is 11.0 Å². The van der Waals surface area contributed by atoms with Crippen molar-refractivity contribution < 1.29 is 9.59 Å². The molecule has 2 saturated heterocycles. The summed E-state index contributed by atoms with van der Waals surface area (Å²) < 4.78 is 0. The molecular formula is C17H18N4O3S. The normalized spacial score (nSPS) is 22.7. The summed E-state index contributed by atoms with van der Waals surface area (Å²) in [6, 6.07) is 7.19. The van der Waals surface area contributed by atoms with Gasteiger partial charge in [0, 0.05) is 25.0 Å². The zero-order chi connectivity index (χ0) is 17.4. The van der Waals surface area contributed by atoms with E-state index in [-0.39, 0.29) is 35.2 Å². The molecule has 2 aromatic rings. The van der Waals surface area contributed by atoms with Gasteiger partial charge in [-0.25, -0.2) is 4.98 Å². The van der Waals surface area contributed by atoms with Crippen LogP contribution in [0.5, 0.6) is 0 Å². The predicted molar refractivity (Wildman–Crippen MR) is 94.4 cm³/mol. The monoisotopic (exact) mass is 358 g/mol. The minimum Gasteiger partial charge on any atom is -0.354 e. The second-order valence-corrected chi connectivity index (χ2v) is 7.34. The lowest BCUT2D eigenvalue weighted by Crippen LogP contribution is -2.43. The second kappa shape index (κ2) is 6.51. The Morgan fingerprint density at radius 1 is 1.24 bits per heavy atom. The molecule has 3 heterocycles. The lowest BCUT2D eigenvalue weighted by Gasteiger charge is -2.27. The number of para-hydroxylation sites is 1. The van der Waals surface area contributed by atoms with Crippen LogP contribution in [-0.2, 0) is 9.59 Å². The van der Waals surface area contributed by atoms with E-state index < -0.39 is 0 Å². The van der Waals surface area contributed by atoms with Crippen LogP contribution >= 0.6 is 11.8 Å². The van der Waals surface area contributed by atoms with E-state index in [2.05, 4.69) is 15.3 Å². The van der Waals surface area contributed by atoms with Gasteiger partial charge in [0.15, 0.2) is 5.16 Å². The maximum Gasteiger partial charge on any atom is 0.259 e. The van der Waals surface area contributed by atoms with Gasteiger partial charge in [-0.3, -0.25) is 14.4 Å². The lowest BCUT2D eigenvalue weighted by molar-refractivity contribution is -0.131. The first-order chi connectivity index (χ1) is 12.1. The Bertz CT molecular complexity index is 897. The van der Waals surface area contributed by atoms with Crippen molar-refractivity contribution in [3.05, 3.63) is 34.6 Å². The Balaban J connectivity index is 1.49. The van der Waals surface area contributed by atoms with Crippen LogP contribution in [0.1, 0.15) is 19.3 Å². The van der Waals surface area contributed by atoms with E-state index in [1.54, 1.807) is 18.2 Å². The van der Waals surface area contributed by atoms with E-state index >= 15 is 0 Å². The lowest BCUT2D eigenvalue weighted by atomic mass is 10.1. The second-order valence-electron chi connectivity index (χ2n) is 6.37. The van der Waals surface area contributed by atoms with E-state index in [0.717, 1.165) is 12.8 Å². The Kier molecular flexibility index (Phi) is 4.20. The highest BCUT2D eigenvalue weighted by Crippen LogP contribution is 2.29. The van der Waals surface area contributed by atoms with Gasteiger partial charge in [-0.2, -0.15) is 0 Å². The molecule has 1 aromatic heterocycles.